The topological polar surface area (TPSA) is 76.2 Å². The molecule has 26 heavy (non-hydrogen) atoms. The zero-order valence-electron chi connectivity index (χ0n) is 15.1. The molecule has 0 atom stereocenters. The first-order valence-corrected chi connectivity index (χ1v) is 9.42. The van der Waals surface area contributed by atoms with Gasteiger partial charge in [-0.3, -0.25) is 10.1 Å². The highest BCUT2D eigenvalue weighted by Crippen LogP contribution is 2.36. The number of benzene rings is 1. The van der Waals surface area contributed by atoms with Gasteiger partial charge >= 0.3 is 0 Å². The van der Waals surface area contributed by atoms with E-state index < -0.39 is 0 Å². The molecule has 7 nitrogen and oxygen atoms in total. The molecule has 0 spiro atoms. The largest absolute Gasteiger partial charge is 0.370 e. The summed E-state index contributed by atoms with van der Waals surface area (Å²) in [5.74, 6) is 1.57. The Balaban J connectivity index is 1.73. The normalized spacial score (nSPS) is 18.8. The lowest BCUT2D eigenvalue weighted by atomic mass is 9.90. The number of hydrogen-bond donors (Lipinski definition) is 1. The minimum atomic E-state index is -0.365. The third-order valence-corrected chi connectivity index (χ3v) is 5.57. The monoisotopic (exact) mass is 355 g/mol. The van der Waals surface area contributed by atoms with Gasteiger partial charge in [-0.2, -0.15) is 5.10 Å². The maximum absolute atomic E-state index is 10.9. The van der Waals surface area contributed by atoms with Gasteiger partial charge in [-0.1, -0.05) is 0 Å². The van der Waals surface area contributed by atoms with E-state index in [1.165, 1.54) is 17.7 Å². The number of piperidine rings is 1. The predicted molar refractivity (Wildman–Crippen MR) is 101 cm³/mol. The molecule has 2 aliphatic rings. The van der Waals surface area contributed by atoms with Crippen LogP contribution in [0.4, 0.5) is 11.5 Å². The molecule has 0 unspecified atom stereocenters. The number of rotatable bonds is 3. The SMILES string of the molecule is CN1CCC(c2nn(-c3ccc([N+](=O)[O-])cc3)c3c2CCCCN3)CC1. The molecule has 0 radical (unpaired) electrons. The van der Waals surface area contributed by atoms with Crippen LogP contribution in [0.3, 0.4) is 0 Å². The fraction of sp³-hybridized carbons (Fsp3) is 0.526. The Hall–Kier alpha value is -2.41. The standard InChI is InChI=1S/C19H25N5O2/c1-22-12-9-14(10-13-22)18-17-4-2-3-11-20-19(17)23(21-18)15-5-7-16(8-6-15)24(25)26/h5-8,14,20H,2-4,9-13H2,1H3. The van der Waals surface area contributed by atoms with Crippen molar-refractivity contribution in [3.63, 3.8) is 0 Å². The molecule has 1 N–H and O–H groups in total. The van der Waals surface area contributed by atoms with Crippen molar-refractivity contribution in [2.75, 3.05) is 32.0 Å². The van der Waals surface area contributed by atoms with Crippen molar-refractivity contribution in [2.45, 2.75) is 38.0 Å². The molecule has 7 heteroatoms. The summed E-state index contributed by atoms with van der Waals surface area (Å²) in [6.07, 6.45) is 5.66. The van der Waals surface area contributed by atoms with Gasteiger partial charge in [-0.15, -0.1) is 0 Å². The summed E-state index contributed by atoms with van der Waals surface area (Å²) in [6, 6.07) is 6.68. The summed E-state index contributed by atoms with van der Waals surface area (Å²) < 4.78 is 1.96. The predicted octanol–water partition coefficient (Wildman–Crippen LogP) is 3.34. The van der Waals surface area contributed by atoms with Crippen molar-refractivity contribution in [1.82, 2.24) is 14.7 Å². The van der Waals surface area contributed by atoms with Gasteiger partial charge in [0.25, 0.3) is 5.69 Å². The lowest BCUT2D eigenvalue weighted by molar-refractivity contribution is -0.384. The molecule has 0 amide bonds. The van der Waals surface area contributed by atoms with Crippen molar-refractivity contribution < 1.29 is 4.92 Å². The quantitative estimate of drug-likeness (QED) is 0.675. The first-order chi connectivity index (χ1) is 12.6. The minimum Gasteiger partial charge on any atom is -0.370 e. The first-order valence-electron chi connectivity index (χ1n) is 9.42. The maximum Gasteiger partial charge on any atom is 0.269 e. The van der Waals surface area contributed by atoms with Crippen LogP contribution in [0, 0.1) is 10.1 Å². The van der Waals surface area contributed by atoms with Gasteiger partial charge in [0, 0.05) is 30.2 Å². The highest BCUT2D eigenvalue weighted by atomic mass is 16.6. The minimum absolute atomic E-state index is 0.107. The van der Waals surface area contributed by atoms with Crippen molar-refractivity contribution in [2.24, 2.45) is 0 Å². The number of aromatic nitrogens is 2. The van der Waals surface area contributed by atoms with Gasteiger partial charge < -0.3 is 10.2 Å². The Bertz CT molecular complexity index is 791. The highest BCUT2D eigenvalue weighted by molar-refractivity contribution is 5.56. The highest BCUT2D eigenvalue weighted by Gasteiger charge is 2.28. The molecule has 3 heterocycles. The second kappa shape index (κ2) is 7.07. The number of hydrogen-bond acceptors (Lipinski definition) is 5. The van der Waals surface area contributed by atoms with E-state index in [9.17, 15) is 10.1 Å². The number of non-ortho nitro benzene ring substituents is 1. The van der Waals surface area contributed by atoms with E-state index in [2.05, 4.69) is 17.3 Å². The number of nitrogens with one attached hydrogen (secondary N) is 1. The van der Waals surface area contributed by atoms with Gasteiger partial charge in [-0.05, 0) is 64.4 Å². The van der Waals surface area contributed by atoms with Gasteiger partial charge in [0.2, 0.25) is 0 Å². The zero-order valence-corrected chi connectivity index (χ0v) is 15.1. The lowest BCUT2D eigenvalue weighted by Gasteiger charge is -2.28. The van der Waals surface area contributed by atoms with Crippen molar-refractivity contribution in [1.29, 1.82) is 0 Å². The van der Waals surface area contributed by atoms with Crippen LogP contribution in [-0.4, -0.2) is 46.3 Å². The smallest absolute Gasteiger partial charge is 0.269 e. The average Bonchev–Trinajstić information content (AvgIpc) is 2.84. The Morgan fingerprint density at radius 1 is 1.19 bits per heavy atom. The summed E-state index contributed by atoms with van der Waals surface area (Å²) in [5, 5.41) is 19.5. The molecule has 0 aliphatic carbocycles. The lowest BCUT2D eigenvalue weighted by Crippen LogP contribution is -2.29. The van der Waals surface area contributed by atoms with E-state index in [0.29, 0.717) is 5.92 Å². The molecule has 1 aromatic heterocycles. The van der Waals surface area contributed by atoms with E-state index in [0.717, 1.165) is 56.8 Å². The molecule has 2 aromatic rings. The van der Waals surface area contributed by atoms with E-state index in [4.69, 9.17) is 5.10 Å². The Kier molecular flexibility index (Phi) is 4.63. The van der Waals surface area contributed by atoms with Crippen LogP contribution in [0.15, 0.2) is 24.3 Å². The third-order valence-electron chi connectivity index (χ3n) is 5.57. The summed E-state index contributed by atoms with van der Waals surface area (Å²) >= 11 is 0. The van der Waals surface area contributed by atoms with Crippen LogP contribution in [0.2, 0.25) is 0 Å². The van der Waals surface area contributed by atoms with Crippen LogP contribution in [0.25, 0.3) is 5.69 Å². The van der Waals surface area contributed by atoms with E-state index in [-0.39, 0.29) is 10.6 Å². The van der Waals surface area contributed by atoms with Crippen LogP contribution in [0.5, 0.6) is 0 Å². The summed E-state index contributed by atoms with van der Waals surface area (Å²) in [5.41, 5.74) is 3.55. The summed E-state index contributed by atoms with van der Waals surface area (Å²) in [4.78, 5) is 12.9. The van der Waals surface area contributed by atoms with Gasteiger partial charge in [0.15, 0.2) is 0 Å². The Morgan fingerprint density at radius 3 is 2.62 bits per heavy atom. The molecule has 2 aliphatic heterocycles. The molecule has 1 fully saturated rings. The number of fused-ring (bicyclic) bond motifs is 1. The molecule has 138 valence electrons. The number of nitro benzene ring substituents is 1. The first kappa shape index (κ1) is 17.0. The van der Waals surface area contributed by atoms with Crippen LogP contribution in [-0.2, 0) is 6.42 Å². The molecule has 1 saturated heterocycles. The van der Waals surface area contributed by atoms with Gasteiger partial charge in [-0.25, -0.2) is 4.68 Å². The molecular weight excluding hydrogens is 330 g/mol. The maximum atomic E-state index is 10.9. The third kappa shape index (κ3) is 3.19. The molecule has 0 saturated carbocycles. The van der Waals surface area contributed by atoms with Crippen LogP contribution >= 0.6 is 0 Å². The van der Waals surface area contributed by atoms with Gasteiger partial charge in [0.05, 0.1) is 16.3 Å². The Morgan fingerprint density at radius 2 is 1.92 bits per heavy atom. The van der Waals surface area contributed by atoms with Crippen LogP contribution < -0.4 is 5.32 Å². The fourth-order valence-corrected chi connectivity index (χ4v) is 4.04. The number of nitrogens with zero attached hydrogens (tertiary/aromatic N) is 4. The van der Waals surface area contributed by atoms with Crippen molar-refractivity contribution >= 4 is 11.5 Å². The molecular formula is C19H25N5O2. The summed E-state index contributed by atoms with van der Waals surface area (Å²) in [7, 11) is 2.17. The second-order valence-corrected chi connectivity index (χ2v) is 7.36. The molecule has 0 bridgehead atoms. The zero-order chi connectivity index (χ0) is 18.1. The van der Waals surface area contributed by atoms with E-state index >= 15 is 0 Å². The van der Waals surface area contributed by atoms with Crippen molar-refractivity contribution in [3.05, 3.63) is 45.6 Å². The molecule has 1 aromatic carbocycles. The number of anilines is 1. The fourth-order valence-electron chi connectivity index (χ4n) is 4.04. The summed E-state index contributed by atoms with van der Waals surface area (Å²) in [6.45, 7) is 3.16. The van der Waals surface area contributed by atoms with E-state index in [1.54, 1.807) is 24.3 Å². The van der Waals surface area contributed by atoms with Crippen LogP contribution in [0.1, 0.15) is 42.9 Å². The van der Waals surface area contributed by atoms with Crippen molar-refractivity contribution in [3.8, 4) is 5.69 Å². The number of likely N-dealkylation sites (tertiary alicyclic amines) is 1. The second-order valence-electron chi connectivity index (χ2n) is 7.36. The van der Waals surface area contributed by atoms with E-state index in [1.807, 2.05) is 4.68 Å². The number of nitro groups is 1. The Labute approximate surface area is 153 Å². The molecule has 4 rings (SSSR count). The average molecular weight is 355 g/mol. The van der Waals surface area contributed by atoms with Gasteiger partial charge in [0.1, 0.15) is 5.82 Å².